The van der Waals surface area contributed by atoms with Gasteiger partial charge >= 0.3 is 0 Å². The van der Waals surface area contributed by atoms with Gasteiger partial charge in [-0.1, -0.05) is 49.1 Å². The van der Waals surface area contributed by atoms with Gasteiger partial charge in [0.1, 0.15) is 6.61 Å². The molecule has 0 saturated heterocycles. The summed E-state index contributed by atoms with van der Waals surface area (Å²) in [6.45, 7) is 5.37. The second kappa shape index (κ2) is 11.3. The SMILES string of the molecule is C=CCOc1ccc(-c2cnc(-c3ccc(/C=C/CCCC(C)O)cc3)nc2)c(F)c1F. The van der Waals surface area contributed by atoms with Crippen LogP contribution in [0.2, 0.25) is 0 Å². The van der Waals surface area contributed by atoms with Crippen LogP contribution in [0, 0.1) is 11.6 Å². The largest absolute Gasteiger partial charge is 0.486 e. The fourth-order valence-electron chi connectivity index (χ4n) is 3.12. The van der Waals surface area contributed by atoms with E-state index in [4.69, 9.17) is 4.74 Å². The summed E-state index contributed by atoms with van der Waals surface area (Å²) >= 11 is 0. The summed E-state index contributed by atoms with van der Waals surface area (Å²) in [6.07, 6.45) is 10.9. The zero-order chi connectivity index (χ0) is 22.9. The molecule has 0 aliphatic heterocycles. The average Bonchev–Trinajstić information content (AvgIpc) is 2.80. The minimum Gasteiger partial charge on any atom is -0.486 e. The third kappa shape index (κ3) is 6.08. The van der Waals surface area contributed by atoms with E-state index in [-0.39, 0.29) is 24.0 Å². The van der Waals surface area contributed by atoms with E-state index in [0.717, 1.165) is 30.4 Å². The number of hydrogen-bond donors (Lipinski definition) is 1. The Labute approximate surface area is 186 Å². The van der Waals surface area contributed by atoms with Crippen LogP contribution in [0.15, 0.2) is 67.5 Å². The number of aliphatic hydroxyl groups is 1. The number of aliphatic hydroxyl groups excluding tert-OH is 1. The van der Waals surface area contributed by atoms with E-state index in [9.17, 15) is 13.9 Å². The second-order valence-corrected chi connectivity index (χ2v) is 7.44. The first-order valence-corrected chi connectivity index (χ1v) is 10.5. The molecule has 1 aromatic heterocycles. The van der Waals surface area contributed by atoms with Gasteiger partial charge in [0.05, 0.1) is 6.10 Å². The van der Waals surface area contributed by atoms with Crippen molar-refractivity contribution < 1.29 is 18.6 Å². The maximum Gasteiger partial charge on any atom is 0.201 e. The van der Waals surface area contributed by atoms with Crippen LogP contribution < -0.4 is 4.74 Å². The van der Waals surface area contributed by atoms with Crippen LogP contribution in [0.3, 0.4) is 0 Å². The van der Waals surface area contributed by atoms with E-state index in [1.54, 1.807) is 6.92 Å². The molecule has 0 radical (unpaired) electrons. The van der Waals surface area contributed by atoms with Crippen molar-refractivity contribution in [3.05, 3.63) is 84.7 Å². The summed E-state index contributed by atoms with van der Waals surface area (Å²) in [7, 11) is 0. The standard InChI is InChI=1S/C26H26F2N2O2/c1-3-15-32-23-14-13-22(24(27)25(23)28)21-16-29-26(30-17-21)20-11-9-19(10-12-20)8-6-4-5-7-18(2)31/h3,6,8-14,16-18,31H,1,4-5,7,15H2,2H3/b8-6+. The number of unbranched alkanes of at least 4 members (excludes halogenated alkanes) is 1. The van der Waals surface area contributed by atoms with Gasteiger partial charge in [-0.15, -0.1) is 0 Å². The minimum atomic E-state index is -1.05. The van der Waals surface area contributed by atoms with Crippen LogP contribution in [-0.4, -0.2) is 27.8 Å². The van der Waals surface area contributed by atoms with Crippen LogP contribution in [0.1, 0.15) is 31.7 Å². The second-order valence-electron chi connectivity index (χ2n) is 7.44. The molecule has 32 heavy (non-hydrogen) atoms. The van der Waals surface area contributed by atoms with Crippen LogP contribution in [0.5, 0.6) is 5.75 Å². The molecular formula is C26H26F2N2O2. The van der Waals surface area contributed by atoms with E-state index < -0.39 is 11.6 Å². The Morgan fingerprint density at radius 1 is 1.03 bits per heavy atom. The first-order chi connectivity index (χ1) is 15.5. The molecule has 0 saturated carbocycles. The number of rotatable bonds is 10. The van der Waals surface area contributed by atoms with Crippen molar-refractivity contribution in [2.45, 2.75) is 32.3 Å². The number of ether oxygens (including phenoxy) is 1. The van der Waals surface area contributed by atoms with Crippen molar-refractivity contribution >= 4 is 6.08 Å². The summed E-state index contributed by atoms with van der Waals surface area (Å²) in [5, 5.41) is 9.28. The number of aromatic nitrogens is 2. The first kappa shape index (κ1) is 23.3. The quantitative estimate of drug-likeness (QED) is 0.303. The minimum absolute atomic E-state index is 0.0658. The zero-order valence-electron chi connectivity index (χ0n) is 18.0. The molecule has 4 nitrogen and oxygen atoms in total. The predicted molar refractivity (Wildman–Crippen MR) is 123 cm³/mol. The van der Waals surface area contributed by atoms with Crippen molar-refractivity contribution in [3.8, 4) is 28.3 Å². The molecule has 3 rings (SSSR count). The lowest BCUT2D eigenvalue weighted by Crippen LogP contribution is -2.00. The van der Waals surface area contributed by atoms with E-state index in [0.29, 0.717) is 11.4 Å². The van der Waals surface area contributed by atoms with Crippen molar-refractivity contribution in [2.24, 2.45) is 0 Å². The molecule has 0 amide bonds. The summed E-state index contributed by atoms with van der Waals surface area (Å²) in [4.78, 5) is 8.63. The van der Waals surface area contributed by atoms with Crippen molar-refractivity contribution in [3.63, 3.8) is 0 Å². The number of hydrogen-bond acceptors (Lipinski definition) is 4. The molecule has 1 atom stereocenters. The molecule has 0 bridgehead atoms. The smallest absolute Gasteiger partial charge is 0.201 e. The third-order valence-electron chi connectivity index (χ3n) is 4.84. The fourth-order valence-corrected chi connectivity index (χ4v) is 3.12. The van der Waals surface area contributed by atoms with Crippen molar-refractivity contribution in [2.75, 3.05) is 6.61 Å². The normalized spacial score (nSPS) is 12.1. The number of halogens is 2. The van der Waals surface area contributed by atoms with Gasteiger partial charge in [-0.25, -0.2) is 14.4 Å². The van der Waals surface area contributed by atoms with Crippen molar-refractivity contribution in [1.29, 1.82) is 0 Å². The van der Waals surface area contributed by atoms with Crippen LogP contribution in [0.25, 0.3) is 28.6 Å². The average molecular weight is 437 g/mol. The molecule has 1 heterocycles. The zero-order valence-corrected chi connectivity index (χ0v) is 18.0. The van der Waals surface area contributed by atoms with Crippen LogP contribution in [-0.2, 0) is 0 Å². The highest BCUT2D eigenvalue weighted by atomic mass is 19.2. The van der Waals surface area contributed by atoms with Crippen molar-refractivity contribution in [1.82, 2.24) is 9.97 Å². The Morgan fingerprint density at radius 3 is 2.41 bits per heavy atom. The topological polar surface area (TPSA) is 55.2 Å². The highest BCUT2D eigenvalue weighted by Gasteiger charge is 2.16. The molecule has 6 heteroatoms. The third-order valence-corrected chi connectivity index (χ3v) is 4.84. The Hall–Kier alpha value is -3.38. The lowest BCUT2D eigenvalue weighted by molar-refractivity contribution is 0.182. The van der Waals surface area contributed by atoms with Gasteiger partial charge in [0.2, 0.25) is 5.82 Å². The lowest BCUT2D eigenvalue weighted by Gasteiger charge is -2.09. The van der Waals surface area contributed by atoms with Gasteiger partial charge < -0.3 is 9.84 Å². The number of nitrogens with zero attached hydrogens (tertiary/aromatic N) is 2. The summed E-state index contributed by atoms with van der Waals surface area (Å²) in [6, 6.07) is 10.6. The van der Waals surface area contributed by atoms with E-state index >= 15 is 0 Å². The highest BCUT2D eigenvalue weighted by molar-refractivity contribution is 5.66. The number of benzene rings is 2. The summed E-state index contributed by atoms with van der Waals surface area (Å²) < 4.78 is 33.8. The van der Waals surface area contributed by atoms with Gasteiger partial charge in [-0.3, -0.25) is 0 Å². The van der Waals surface area contributed by atoms with E-state index in [2.05, 4.69) is 22.6 Å². The molecule has 2 aromatic carbocycles. The molecule has 0 aliphatic rings. The Kier molecular flexibility index (Phi) is 8.22. The maximum absolute atomic E-state index is 14.5. The molecule has 0 spiro atoms. The Balaban J connectivity index is 1.69. The first-order valence-electron chi connectivity index (χ1n) is 10.5. The van der Waals surface area contributed by atoms with E-state index in [1.807, 2.05) is 30.3 Å². The Bertz CT molecular complexity index is 1060. The summed E-state index contributed by atoms with van der Waals surface area (Å²) in [5.41, 5.74) is 2.31. The van der Waals surface area contributed by atoms with E-state index in [1.165, 1.54) is 30.6 Å². The fraction of sp³-hybridized carbons (Fsp3) is 0.231. The molecule has 0 aliphatic carbocycles. The molecule has 1 N–H and O–H groups in total. The highest BCUT2D eigenvalue weighted by Crippen LogP contribution is 2.30. The lowest BCUT2D eigenvalue weighted by atomic mass is 10.1. The van der Waals surface area contributed by atoms with Crippen LogP contribution >= 0.6 is 0 Å². The molecular weight excluding hydrogens is 410 g/mol. The van der Waals surface area contributed by atoms with Gasteiger partial charge in [-0.05, 0) is 43.9 Å². The van der Waals surface area contributed by atoms with Gasteiger partial charge in [0.25, 0.3) is 0 Å². The van der Waals surface area contributed by atoms with Crippen LogP contribution in [0.4, 0.5) is 8.78 Å². The van der Waals surface area contributed by atoms with Gasteiger partial charge in [0, 0.05) is 29.1 Å². The summed E-state index contributed by atoms with van der Waals surface area (Å²) in [5.74, 6) is -1.73. The molecule has 0 fully saturated rings. The predicted octanol–water partition coefficient (Wildman–Crippen LogP) is 6.22. The molecule has 166 valence electrons. The monoisotopic (exact) mass is 436 g/mol. The Morgan fingerprint density at radius 2 is 1.75 bits per heavy atom. The molecule has 1 unspecified atom stereocenters. The molecule has 3 aromatic rings. The van der Waals surface area contributed by atoms with Gasteiger partial charge in [-0.2, -0.15) is 4.39 Å². The van der Waals surface area contributed by atoms with Gasteiger partial charge in [0.15, 0.2) is 17.4 Å². The maximum atomic E-state index is 14.5. The number of allylic oxidation sites excluding steroid dienone is 1.